The largest absolute Gasteiger partial charge is 0.496 e. The Morgan fingerprint density at radius 2 is 1.92 bits per heavy atom. The van der Waals surface area contributed by atoms with Crippen LogP contribution in [0.15, 0.2) is 42.5 Å². The number of nitrogens with zero attached hydrogens (tertiary/aromatic N) is 3. The van der Waals surface area contributed by atoms with Crippen LogP contribution < -0.4 is 21.1 Å². The van der Waals surface area contributed by atoms with Crippen LogP contribution in [-0.2, 0) is 16.1 Å². The van der Waals surface area contributed by atoms with Crippen LogP contribution in [0.2, 0.25) is 0 Å². The third kappa shape index (κ3) is 5.47. The maximum Gasteiger partial charge on any atom is 0.273 e. The predicted octanol–water partition coefficient (Wildman–Crippen LogP) is 2.49. The second-order valence-electron chi connectivity index (χ2n) is 10.7. The topological polar surface area (TPSA) is 152 Å². The van der Waals surface area contributed by atoms with Gasteiger partial charge in [0.15, 0.2) is 5.69 Å². The smallest absolute Gasteiger partial charge is 0.273 e. The van der Waals surface area contributed by atoms with E-state index in [2.05, 4.69) is 21.8 Å². The lowest BCUT2D eigenvalue weighted by molar-refractivity contribution is -0.130. The monoisotopic (exact) mass is 516 g/mol. The number of benzene rings is 2. The minimum Gasteiger partial charge on any atom is -0.496 e. The van der Waals surface area contributed by atoms with E-state index < -0.39 is 17.4 Å². The van der Waals surface area contributed by atoms with Gasteiger partial charge in [0.1, 0.15) is 11.8 Å². The Balaban J connectivity index is 1.58. The first kappa shape index (κ1) is 26.7. The van der Waals surface area contributed by atoms with Crippen molar-refractivity contribution in [3.8, 4) is 11.8 Å². The maximum atomic E-state index is 13.5. The second kappa shape index (κ2) is 10.5. The molecule has 1 aliphatic carbocycles. The van der Waals surface area contributed by atoms with Crippen molar-refractivity contribution >= 4 is 28.6 Å². The van der Waals surface area contributed by atoms with E-state index in [-0.39, 0.29) is 29.5 Å². The molecule has 2 aromatic carbocycles. The van der Waals surface area contributed by atoms with Crippen LogP contribution in [0.3, 0.4) is 0 Å². The zero-order chi connectivity index (χ0) is 27.6. The summed E-state index contributed by atoms with van der Waals surface area (Å²) in [5.41, 5.74) is 6.98. The number of nitriles is 1. The summed E-state index contributed by atoms with van der Waals surface area (Å²) < 4.78 is 7.17. The molecular formula is C28H32N6O4. The van der Waals surface area contributed by atoms with Crippen molar-refractivity contribution in [2.45, 2.75) is 52.2 Å². The highest BCUT2D eigenvalue weighted by molar-refractivity contribution is 6.06. The highest BCUT2D eigenvalue weighted by atomic mass is 16.5. The third-order valence-corrected chi connectivity index (χ3v) is 6.90. The number of fused-ring (bicyclic) bond motifs is 1. The van der Waals surface area contributed by atoms with Crippen molar-refractivity contribution in [1.29, 1.82) is 5.26 Å². The van der Waals surface area contributed by atoms with E-state index in [1.165, 1.54) is 7.11 Å². The molecule has 3 amide bonds. The molecule has 0 saturated heterocycles. The fraction of sp³-hybridized carbons (Fsp3) is 0.393. The van der Waals surface area contributed by atoms with Gasteiger partial charge in [-0.2, -0.15) is 10.4 Å². The standard InChI is InChI=1S/C28H32N6O4/c1-28(2,3)24(27(37)31-19-12-18(13-19)25(30)35)32-26(36)23-20-7-5-6-8-21(20)34(33-23)15-17-10-9-16(14-29)11-22(17)38-4/h5-11,18-19,24H,12-13,15H2,1-4H3,(H2,30,35)(H,31,37)(H,32,36)/t18?,19?,24-/m1/s1. The number of ether oxygens (including phenoxy) is 1. The molecule has 0 unspecified atom stereocenters. The molecular weight excluding hydrogens is 484 g/mol. The van der Waals surface area contributed by atoms with Gasteiger partial charge in [0.25, 0.3) is 5.91 Å². The average Bonchev–Trinajstić information content (AvgIpc) is 3.22. The number of hydrogen-bond donors (Lipinski definition) is 3. The van der Waals surface area contributed by atoms with E-state index in [1.54, 1.807) is 22.9 Å². The van der Waals surface area contributed by atoms with Crippen molar-refractivity contribution in [1.82, 2.24) is 20.4 Å². The van der Waals surface area contributed by atoms with Gasteiger partial charge in [-0.25, -0.2) is 0 Å². The van der Waals surface area contributed by atoms with Crippen LogP contribution >= 0.6 is 0 Å². The summed E-state index contributed by atoms with van der Waals surface area (Å²) in [6.07, 6.45) is 0.999. The molecule has 0 bridgehead atoms. The highest BCUT2D eigenvalue weighted by Gasteiger charge is 2.39. The highest BCUT2D eigenvalue weighted by Crippen LogP contribution is 2.29. The lowest BCUT2D eigenvalue weighted by Gasteiger charge is -2.37. The molecule has 1 aliphatic rings. The van der Waals surface area contributed by atoms with E-state index in [9.17, 15) is 19.6 Å². The van der Waals surface area contributed by atoms with Crippen molar-refractivity contribution in [3.05, 3.63) is 59.3 Å². The number of amides is 3. The lowest BCUT2D eigenvalue weighted by Crippen LogP contribution is -2.58. The van der Waals surface area contributed by atoms with Crippen LogP contribution in [0.4, 0.5) is 0 Å². The Morgan fingerprint density at radius 3 is 2.55 bits per heavy atom. The van der Waals surface area contributed by atoms with Crippen molar-refractivity contribution < 1.29 is 19.1 Å². The quantitative estimate of drug-likeness (QED) is 0.418. The molecule has 0 spiro atoms. The molecule has 10 nitrogen and oxygen atoms in total. The summed E-state index contributed by atoms with van der Waals surface area (Å²) in [4.78, 5) is 38.0. The minimum absolute atomic E-state index is 0.149. The number of rotatable bonds is 8. The van der Waals surface area contributed by atoms with Crippen LogP contribution in [0.1, 0.15) is 55.2 Å². The summed E-state index contributed by atoms with van der Waals surface area (Å²) in [5.74, 6) is -0.825. The molecule has 1 fully saturated rings. The van der Waals surface area contributed by atoms with Gasteiger partial charge in [0.05, 0.1) is 30.8 Å². The Hall–Kier alpha value is -4.39. The van der Waals surface area contributed by atoms with Crippen molar-refractivity contribution in [2.75, 3.05) is 7.11 Å². The molecule has 1 saturated carbocycles. The van der Waals surface area contributed by atoms with E-state index in [0.29, 0.717) is 36.1 Å². The Bertz CT molecular complexity index is 1430. The van der Waals surface area contributed by atoms with Gasteiger partial charge in [0, 0.05) is 22.9 Å². The third-order valence-electron chi connectivity index (χ3n) is 6.90. The normalized spacial score (nSPS) is 17.7. The zero-order valence-corrected chi connectivity index (χ0v) is 21.9. The van der Waals surface area contributed by atoms with Gasteiger partial charge in [-0.15, -0.1) is 0 Å². The number of nitrogens with one attached hydrogen (secondary N) is 2. The number of aromatic nitrogens is 2. The zero-order valence-electron chi connectivity index (χ0n) is 21.9. The fourth-order valence-electron chi connectivity index (χ4n) is 4.65. The second-order valence-corrected chi connectivity index (χ2v) is 10.7. The maximum absolute atomic E-state index is 13.5. The number of para-hydroxylation sites is 1. The van der Waals surface area contributed by atoms with Crippen LogP contribution in [0.5, 0.6) is 5.75 Å². The molecule has 1 heterocycles. The average molecular weight is 517 g/mol. The molecule has 4 rings (SSSR count). The first-order chi connectivity index (χ1) is 18.0. The van der Waals surface area contributed by atoms with E-state index in [0.717, 1.165) is 11.1 Å². The van der Waals surface area contributed by atoms with Gasteiger partial charge in [-0.05, 0) is 36.5 Å². The number of carbonyl (C=O) groups is 3. The summed E-state index contributed by atoms with van der Waals surface area (Å²) in [7, 11) is 1.54. The van der Waals surface area contributed by atoms with E-state index >= 15 is 0 Å². The molecule has 3 aromatic rings. The summed E-state index contributed by atoms with van der Waals surface area (Å²) in [5, 5.41) is 20.3. The fourth-order valence-corrected chi connectivity index (χ4v) is 4.65. The first-order valence-corrected chi connectivity index (χ1v) is 12.4. The van der Waals surface area contributed by atoms with E-state index in [4.69, 9.17) is 10.5 Å². The number of carbonyl (C=O) groups excluding carboxylic acids is 3. The van der Waals surface area contributed by atoms with Gasteiger partial charge >= 0.3 is 0 Å². The van der Waals surface area contributed by atoms with Gasteiger partial charge in [0.2, 0.25) is 11.8 Å². The van der Waals surface area contributed by atoms with Crippen molar-refractivity contribution in [2.24, 2.45) is 17.1 Å². The van der Waals surface area contributed by atoms with Gasteiger partial charge < -0.3 is 21.1 Å². The predicted molar refractivity (Wildman–Crippen MR) is 141 cm³/mol. The molecule has 4 N–H and O–H groups in total. The molecule has 0 radical (unpaired) electrons. The molecule has 1 atom stereocenters. The van der Waals surface area contributed by atoms with Crippen LogP contribution in [-0.4, -0.2) is 46.7 Å². The Labute approximate surface area is 221 Å². The molecule has 198 valence electrons. The molecule has 10 heteroatoms. The Morgan fingerprint density at radius 1 is 1.21 bits per heavy atom. The van der Waals surface area contributed by atoms with Gasteiger partial charge in [-0.1, -0.05) is 45.0 Å². The van der Waals surface area contributed by atoms with Gasteiger partial charge in [-0.3, -0.25) is 19.1 Å². The number of nitrogens with two attached hydrogens (primary N) is 1. The molecule has 0 aliphatic heterocycles. The van der Waals surface area contributed by atoms with Crippen LogP contribution in [0, 0.1) is 22.7 Å². The number of hydrogen-bond acceptors (Lipinski definition) is 6. The summed E-state index contributed by atoms with van der Waals surface area (Å²) in [6, 6.07) is 13.7. The number of primary amides is 1. The number of methoxy groups -OCH3 is 1. The lowest BCUT2D eigenvalue weighted by atomic mass is 9.79. The molecule has 1 aromatic heterocycles. The van der Waals surface area contributed by atoms with Crippen LogP contribution in [0.25, 0.3) is 10.9 Å². The van der Waals surface area contributed by atoms with Crippen molar-refractivity contribution in [3.63, 3.8) is 0 Å². The van der Waals surface area contributed by atoms with E-state index in [1.807, 2.05) is 45.0 Å². The molecule has 38 heavy (non-hydrogen) atoms. The summed E-state index contributed by atoms with van der Waals surface area (Å²) in [6.45, 7) is 5.93. The summed E-state index contributed by atoms with van der Waals surface area (Å²) >= 11 is 0. The first-order valence-electron chi connectivity index (χ1n) is 12.4. The minimum atomic E-state index is -0.829. The Kier molecular flexibility index (Phi) is 7.39. The SMILES string of the molecule is COc1cc(C#N)ccc1Cn1nc(C(=O)N[C@H](C(=O)NC2CC(C(N)=O)C2)C(C)(C)C)c2ccccc21.